The van der Waals surface area contributed by atoms with Gasteiger partial charge < -0.3 is 9.84 Å². The van der Waals surface area contributed by atoms with Gasteiger partial charge in [0.05, 0.1) is 0 Å². The van der Waals surface area contributed by atoms with Crippen molar-refractivity contribution in [2.45, 2.75) is 20.0 Å². The lowest BCUT2D eigenvalue weighted by atomic mass is 9.88. The second-order valence-electron chi connectivity index (χ2n) is 7.71. The highest BCUT2D eigenvalue weighted by molar-refractivity contribution is 5.98. The molecule has 4 aromatic carbocycles. The van der Waals surface area contributed by atoms with Gasteiger partial charge in [0, 0.05) is 6.07 Å². The third-order valence-corrected chi connectivity index (χ3v) is 5.41. The number of benzene rings is 4. The average molecular weight is 443 g/mol. The average Bonchev–Trinajstić information content (AvgIpc) is 2.82. The minimum Gasteiger partial charge on any atom is -0.508 e. The van der Waals surface area contributed by atoms with E-state index in [0.29, 0.717) is 18.6 Å². The second-order valence-corrected chi connectivity index (χ2v) is 7.71. The summed E-state index contributed by atoms with van der Waals surface area (Å²) in [5, 5.41) is 9.75. The molecule has 0 saturated heterocycles. The van der Waals surface area contributed by atoms with E-state index in [9.17, 15) is 13.9 Å². The minimum atomic E-state index is -0.620. The smallest absolute Gasteiger partial charge is 0.126 e. The van der Waals surface area contributed by atoms with Crippen LogP contribution in [0.1, 0.15) is 35.6 Å². The lowest BCUT2D eigenvalue weighted by Gasteiger charge is -2.17. The lowest BCUT2D eigenvalue weighted by molar-refractivity contribution is 0.306. The molecule has 166 valence electrons. The zero-order chi connectivity index (χ0) is 23.2. The summed E-state index contributed by atoms with van der Waals surface area (Å²) in [5.41, 5.74) is 4.94. The molecular weight excluding hydrogens is 418 g/mol. The Kier molecular flexibility index (Phi) is 6.84. The maximum atomic E-state index is 14.0. The summed E-state index contributed by atoms with van der Waals surface area (Å²) in [7, 11) is 0. The van der Waals surface area contributed by atoms with E-state index in [2.05, 4.69) is 0 Å². The van der Waals surface area contributed by atoms with Crippen LogP contribution in [0.4, 0.5) is 8.78 Å². The zero-order valence-electron chi connectivity index (χ0n) is 18.3. The third kappa shape index (κ3) is 5.47. The van der Waals surface area contributed by atoms with Gasteiger partial charge in [-0.2, -0.15) is 0 Å². The fraction of sp³-hybridized carbons (Fsp3) is 0.103. The molecule has 0 bridgehead atoms. The molecule has 2 nitrogen and oxygen atoms in total. The van der Waals surface area contributed by atoms with Crippen LogP contribution in [0.3, 0.4) is 0 Å². The number of hydrogen-bond donors (Lipinski definition) is 1. The Morgan fingerprint density at radius 3 is 1.88 bits per heavy atom. The molecule has 0 saturated carbocycles. The fourth-order valence-electron chi connectivity index (χ4n) is 3.86. The number of halogens is 2. The summed E-state index contributed by atoms with van der Waals surface area (Å²) in [4.78, 5) is 0. The van der Waals surface area contributed by atoms with E-state index < -0.39 is 11.6 Å². The summed E-state index contributed by atoms with van der Waals surface area (Å²) >= 11 is 0. The molecule has 4 heteroatoms. The van der Waals surface area contributed by atoms with Gasteiger partial charge in [-0.05, 0) is 76.2 Å². The standard InChI is InChI=1S/C29H24F2O2/c1-2-28(23-16-24(30)18-25(31)17-23)29(21-8-12-26(32)13-9-21)22-10-14-27(15-11-22)33-19-20-6-4-3-5-7-20/h3-18,32H,2,19H2,1H3. The van der Waals surface area contributed by atoms with Gasteiger partial charge in [0.15, 0.2) is 0 Å². The van der Waals surface area contributed by atoms with E-state index in [1.54, 1.807) is 24.3 Å². The van der Waals surface area contributed by atoms with E-state index in [0.717, 1.165) is 39.7 Å². The molecule has 0 spiro atoms. The molecule has 0 amide bonds. The van der Waals surface area contributed by atoms with Crippen LogP contribution in [0.25, 0.3) is 11.1 Å². The molecule has 0 aliphatic carbocycles. The molecule has 0 fully saturated rings. The number of allylic oxidation sites excluding steroid dienone is 1. The van der Waals surface area contributed by atoms with Gasteiger partial charge in [-0.1, -0.05) is 61.5 Å². The van der Waals surface area contributed by atoms with Gasteiger partial charge in [0.1, 0.15) is 29.7 Å². The first-order chi connectivity index (χ1) is 16.0. The molecule has 33 heavy (non-hydrogen) atoms. The van der Waals surface area contributed by atoms with E-state index in [-0.39, 0.29) is 5.75 Å². The predicted molar refractivity (Wildman–Crippen MR) is 128 cm³/mol. The molecule has 0 unspecified atom stereocenters. The molecular formula is C29H24F2O2. The van der Waals surface area contributed by atoms with Crippen molar-refractivity contribution >= 4 is 11.1 Å². The zero-order valence-corrected chi connectivity index (χ0v) is 18.3. The molecule has 0 heterocycles. The fourth-order valence-corrected chi connectivity index (χ4v) is 3.86. The Hall–Kier alpha value is -3.92. The third-order valence-electron chi connectivity index (χ3n) is 5.41. The number of hydrogen-bond acceptors (Lipinski definition) is 2. The van der Waals surface area contributed by atoms with E-state index >= 15 is 0 Å². The Balaban J connectivity index is 1.74. The van der Waals surface area contributed by atoms with Crippen LogP contribution in [0.5, 0.6) is 11.5 Å². The van der Waals surface area contributed by atoms with Gasteiger partial charge in [-0.3, -0.25) is 0 Å². The first-order valence-electron chi connectivity index (χ1n) is 10.8. The normalized spacial score (nSPS) is 11.7. The van der Waals surface area contributed by atoms with Crippen LogP contribution >= 0.6 is 0 Å². The van der Waals surface area contributed by atoms with E-state index in [1.165, 1.54) is 12.1 Å². The maximum absolute atomic E-state index is 14.0. The molecule has 0 aromatic heterocycles. The van der Waals surface area contributed by atoms with Crippen LogP contribution in [-0.4, -0.2) is 5.11 Å². The number of ether oxygens (including phenoxy) is 1. The van der Waals surface area contributed by atoms with Crippen molar-refractivity contribution in [1.29, 1.82) is 0 Å². The second kappa shape index (κ2) is 10.1. The molecule has 0 aliphatic heterocycles. The SMILES string of the molecule is CCC(=C(c1ccc(O)cc1)c1ccc(OCc2ccccc2)cc1)c1cc(F)cc(F)c1. The summed E-state index contributed by atoms with van der Waals surface area (Å²) in [6.45, 7) is 2.42. The Morgan fingerprint density at radius 2 is 1.30 bits per heavy atom. The van der Waals surface area contributed by atoms with Crippen LogP contribution in [0, 0.1) is 11.6 Å². The quantitative estimate of drug-likeness (QED) is 0.298. The Bertz CT molecular complexity index is 1230. The first kappa shape index (κ1) is 22.3. The van der Waals surface area contributed by atoms with E-state index in [1.807, 2.05) is 61.5 Å². The van der Waals surface area contributed by atoms with Gasteiger partial charge in [-0.15, -0.1) is 0 Å². The highest BCUT2D eigenvalue weighted by Crippen LogP contribution is 2.36. The van der Waals surface area contributed by atoms with Gasteiger partial charge in [-0.25, -0.2) is 8.78 Å². The van der Waals surface area contributed by atoms with Crippen LogP contribution in [0.2, 0.25) is 0 Å². The van der Waals surface area contributed by atoms with Crippen molar-refractivity contribution in [2.24, 2.45) is 0 Å². The van der Waals surface area contributed by atoms with Gasteiger partial charge in [0.25, 0.3) is 0 Å². The first-order valence-corrected chi connectivity index (χ1v) is 10.8. The highest BCUT2D eigenvalue weighted by atomic mass is 19.1. The Labute approximate surface area is 192 Å². The maximum Gasteiger partial charge on any atom is 0.126 e. The summed E-state index contributed by atoms with van der Waals surface area (Å²) in [6, 6.07) is 27.9. The number of phenols is 1. The molecule has 0 aliphatic rings. The summed E-state index contributed by atoms with van der Waals surface area (Å²) in [5.74, 6) is -0.364. The number of rotatable bonds is 7. The summed E-state index contributed by atoms with van der Waals surface area (Å²) in [6.07, 6.45) is 0.561. The van der Waals surface area contributed by atoms with Crippen LogP contribution in [0.15, 0.2) is 97.1 Å². The predicted octanol–water partition coefficient (Wildman–Crippen LogP) is 7.62. The van der Waals surface area contributed by atoms with E-state index in [4.69, 9.17) is 4.74 Å². The number of phenolic OH excluding ortho intramolecular Hbond substituents is 1. The van der Waals surface area contributed by atoms with Crippen LogP contribution in [-0.2, 0) is 6.61 Å². The highest BCUT2D eigenvalue weighted by Gasteiger charge is 2.15. The van der Waals surface area contributed by atoms with Gasteiger partial charge in [0.2, 0.25) is 0 Å². The van der Waals surface area contributed by atoms with Crippen molar-refractivity contribution < 1.29 is 18.6 Å². The Morgan fingerprint density at radius 1 is 0.727 bits per heavy atom. The molecule has 4 rings (SSSR count). The largest absolute Gasteiger partial charge is 0.508 e. The molecule has 0 atom stereocenters. The van der Waals surface area contributed by atoms with Crippen molar-refractivity contribution in [3.63, 3.8) is 0 Å². The lowest BCUT2D eigenvalue weighted by Crippen LogP contribution is -1.98. The molecule has 4 aromatic rings. The van der Waals surface area contributed by atoms with Crippen molar-refractivity contribution in [1.82, 2.24) is 0 Å². The van der Waals surface area contributed by atoms with Crippen LogP contribution < -0.4 is 4.74 Å². The summed E-state index contributed by atoms with van der Waals surface area (Å²) < 4.78 is 33.9. The van der Waals surface area contributed by atoms with Crippen molar-refractivity contribution in [3.8, 4) is 11.5 Å². The monoisotopic (exact) mass is 442 g/mol. The number of aromatic hydroxyl groups is 1. The minimum absolute atomic E-state index is 0.151. The van der Waals surface area contributed by atoms with Crippen molar-refractivity contribution in [2.75, 3.05) is 0 Å². The van der Waals surface area contributed by atoms with Crippen molar-refractivity contribution in [3.05, 3.63) is 131 Å². The molecule has 1 N–H and O–H groups in total. The molecule has 0 radical (unpaired) electrons. The van der Waals surface area contributed by atoms with Gasteiger partial charge >= 0.3 is 0 Å². The topological polar surface area (TPSA) is 29.5 Å².